The second-order valence-electron chi connectivity index (χ2n) is 3.11. The van der Waals surface area contributed by atoms with E-state index in [4.69, 9.17) is 0 Å². The first-order chi connectivity index (χ1) is 6.84. The molecule has 0 spiro atoms. The molecule has 14 heavy (non-hydrogen) atoms. The van der Waals surface area contributed by atoms with Crippen LogP contribution >= 0.6 is 0 Å². The van der Waals surface area contributed by atoms with E-state index in [9.17, 15) is 4.79 Å². The average Bonchev–Trinajstić information content (AvgIpc) is 2.19. The minimum atomic E-state index is -0.0802. The van der Waals surface area contributed by atoms with Crippen LogP contribution in [0.2, 0.25) is 0 Å². The van der Waals surface area contributed by atoms with Crippen molar-refractivity contribution in [3.8, 4) is 0 Å². The molecule has 1 aromatic heterocycles. The van der Waals surface area contributed by atoms with Crippen LogP contribution in [0.4, 0.5) is 0 Å². The summed E-state index contributed by atoms with van der Waals surface area (Å²) >= 11 is 0. The van der Waals surface area contributed by atoms with Crippen LogP contribution in [0.1, 0.15) is 5.56 Å². The van der Waals surface area contributed by atoms with E-state index >= 15 is 0 Å². The summed E-state index contributed by atoms with van der Waals surface area (Å²) in [6.07, 6.45) is 5.03. The fourth-order valence-electron chi connectivity index (χ4n) is 1.34. The molecule has 0 aliphatic rings. The summed E-state index contributed by atoms with van der Waals surface area (Å²) in [5.41, 5.74) is 1.10. The summed E-state index contributed by atoms with van der Waals surface area (Å²) in [7, 11) is 0. The number of nitrogens with zero attached hydrogens (tertiary/aromatic N) is 1. The van der Waals surface area contributed by atoms with Crippen LogP contribution in [-0.4, -0.2) is 4.98 Å². The smallest absolute Gasteiger partial charge is 0.312 e. The molecule has 2 rings (SSSR count). The van der Waals surface area contributed by atoms with Gasteiger partial charge >= 0.3 is 5.56 Å². The largest absolute Gasteiger partial charge is 0.318 e. The van der Waals surface area contributed by atoms with Crippen LogP contribution in [0, 0.1) is 0 Å². The molecule has 0 saturated heterocycles. The summed E-state index contributed by atoms with van der Waals surface area (Å²) in [6.45, 7) is 0.727. The summed E-state index contributed by atoms with van der Waals surface area (Å²) in [4.78, 5) is 13.6. The predicted octanol–water partition coefficient (Wildman–Crippen LogP) is 0.711. The molecule has 0 amide bonds. The molecule has 0 fully saturated rings. The lowest BCUT2D eigenvalue weighted by atomic mass is 10.2. The Morgan fingerprint density at radius 3 is 2.71 bits per heavy atom. The van der Waals surface area contributed by atoms with Crippen molar-refractivity contribution >= 4 is 0 Å². The van der Waals surface area contributed by atoms with Crippen molar-refractivity contribution in [2.45, 2.75) is 6.54 Å². The molecule has 0 unspecified atom stereocenters. The van der Waals surface area contributed by atoms with E-state index in [2.05, 4.69) is 4.98 Å². The van der Waals surface area contributed by atoms with Crippen LogP contribution in [0.15, 0.2) is 53.7 Å². The van der Waals surface area contributed by atoms with Gasteiger partial charge in [-0.2, -0.15) is 4.57 Å². The average molecular weight is 187 g/mol. The normalized spacial score (nSPS) is 10.0. The third-order valence-electron chi connectivity index (χ3n) is 1.98. The summed E-state index contributed by atoms with van der Waals surface area (Å²) in [5.74, 6) is 0. The maximum absolute atomic E-state index is 11.0. The lowest BCUT2D eigenvalue weighted by Crippen LogP contribution is -2.37. The van der Waals surface area contributed by atoms with E-state index in [1.165, 1.54) is 5.56 Å². The number of aromatic amines is 1. The summed E-state index contributed by atoms with van der Waals surface area (Å²) in [6, 6.07) is 10.0. The van der Waals surface area contributed by atoms with Crippen LogP contribution in [0.3, 0.4) is 0 Å². The van der Waals surface area contributed by atoms with E-state index < -0.39 is 0 Å². The third kappa shape index (κ3) is 2.07. The molecule has 0 aliphatic heterocycles. The van der Waals surface area contributed by atoms with Crippen molar-refractivity contribution in [2.24, 2.45) is 0 Å². The summed E-state index contributed by atoms with van der Waals surface area (Å²) in [5, 5.41) is 0. The number of aromatic nitrogens is 2. The van der Waals surface area contributed by atoms with Crippen molar-refractivity contribution in [1.82, 2.24) is 4.98 Å². The molecule has 1 aromatic carbocycles. The molecule has 0 atom stereocenters. The van der Waals surface area contributed by atoms with Gasteiger partial charge in [-0.3, -0.25) is 4.79 Å². The number of rotatable bonds is 2. The molecule has 2 aromatic rings. The van der Waals surface area contributed by atoms with Gasteiger partial charge in [0.1, 0.15) is 0 Å². The zero-order chi connectivity index (χ0) is 9.80. The maximum Gasteiger partial charge on any atom is 0.312 e. The first-order valence-electron chi connectivity index (χ1n) is 4.46. The van der Waals surface area contributed by atoms with E-state index in [-0.39, 0.29) is 5.56 Å². The fourth-order valence-corrected chi connectivity index (χ4v) is 1.34. The van der Waals surface area contributed by atoms with Crippen molar-refractivity contribution < 1.29 is 4.57 Å². The molecule has 1 heterocycles. The number of hydrogen-bond donors (Lipinski definition) is 1. The molecule has 0 radical (unpaired) electrons. The first-order valence-corrected chi connectivity index (χ1v) is 4.46. The highest BCUT2D eigenvalue weighted by atomic mass is 16.1. The van der Waals surface area contributed by atoms with Gasteiger partial charge in [0.05, 0.1) is 6.20 Å². The quantitative estimate of drug-likeness (QED) is 0.691. The topological polar surface area (TPSA) is 36.7 Å². The molecule has 3 nitrogen and oxygen atoms in total. The molecule has 0 saturated carbocycles. The number of hydrogen-bond acceptors (Lipinski definition) is 1. The minimum absolute atomic E-state index is 0.0802. The fraction of sp³-hybridized carbons (Fsp3) is 0.0909. The van der Waals surface area contributed by atoms with Crippen LogP contribution in [0.25, 0.3) is 0 Å². The van der Waals surface area contributed by atoms with Gasteiger partial charge in [0.15, 0.2) is 12.7 Å². The number of nitrogens with one attached hydrogen (secondary N) is 1. The Balaban J connectivity index is 2.24. The predicted molar refractivity (Wildman–Crippen MR) is 52.8 cm³/mol. The Morgan fingerprint density at radius 1 is 1.21 bits per heavy atom. The second kappa shape index (κ2) is 3.87. The highest BCUT2D eigenvalue weighted by Gasteiger charge is 2.01. The highest BCUT2D eigenvalue weighted by molar-refractivity contribution is 5.13. The molecule has 3 heteroatoms. The molecule has 0 aliphatic carbocycles. The van der Waals surface area contributed by atoms with E-state index in [0.29, 0.717) is 0 Å². The molecule has 0 bridgehead atoms. The lowest BCUT2D eigenvalue weighted by Gasteiger charge is -1.95. The molecule has 70 valence electrons. The second-order valence-corrected chi connectivity index (χ2v) is 3.11. The van der Waals surface area contributed by atoms with Gasteiger partial charge < -0.3 is 4.98 Å². The standard InChI is InChI=1S/C11H10N2O/c14-11-9-13(7-6-12-11)8-10-4-2-1-3-5-10/h1-7,9H,8H2/p+1. The monoisotopic (exact) mass is 187 g/mol. The van der Waals surface area contributed by atoms with Crippen molar-refractivity contribution in [1.29, 1.82) is 0 Å². The Kier molecular flexibility index (Phi) is 2.40. The zero-order valence-corrected chi connectivity index (χ0v) is 7.68. The summed E-state index contributed by atoms with van der Waals surface area (Å²) < 4.78 is 1.86. The van der Waals surface area contributed by atoms with E-state index in [1.54, 1.807) is 12.4 Å². The lowest BCUT2D eigenvalue weighted by molar-refractivity contribution is -0.689. The first kappa shape index (κ1) is 8.69. The van der Waals surface area contributed by atoms with Crippen LogP contribution in [0.5, 0.6) is 0 Å². The Morgan fingerprint density at radius 2 is 2.00 bits per heavy atom. The van der Waals surface area contributed by atoms with Crippen molar-refractivity contribution in [3.05, 3.63) is 64.8 Å². The van der Waals surface area contributed by atoms with Crippen molar-refractivity contribution in [3.63, 3.8) is 0 Å². The number of benzene rings is 1. The van der Waals surface area contributed by atoms with Gasteiger partial charge in [-0.15, -0.1) is 0 Å². The number of H-pyrrole nitrogens is 1. The van der Waals surface area contributed by atoms with Gasteiger partial charge in [-0.25, -0.2) is 0 Å². The molecular weight excluding hydrogens is 176 g/mol. The van der Waals surface area contributed by atoms with Gasteiger partial charge in [-0.05, 0) is 0 Å². The SMILES string of the molecule is O=c1c[n+](Cc2ccccc2)cc[nH]1. The minimum Gasteiger partial charge on any atom is -0.318 e. The zero-order valence-electron chi connectivity index (χ0n) is 7.68. The Bertz CT molecular complexity index is 462. The van der Waals surface area contributed by atoms with Gasteiger partial charge in [0.25, 0.3) is 0 Å². The van der Waals surface area contributed by atoms with Crippen molar-refractivity contribution in [2.75, 3.05) is 0 Å². The molecule has 1 N–H and O–H groups in total. The van der Waals surface area contributed by atoms with Crippen LogP contribution in [-0.2, 0) is 6.54 Å². The van der Waals surface area contributed by atoms with E-state index in [0.717, 1.165) is 6.54 Å². The van der Waals surface area contributed by atoms with Crippen LogP contribution < -0.4 is 10.1 Å². The van der Waals surface area contributed by atoms with Gasteiger partial charge in [0.2, 0.25) is 6.20 Å². The highest BCUT2D eigenvalue weighted by Crippen LogP contribution is 1.96. The van der Waals surface area contributed by atoms with Gasteiger partial charge in [-0.1, -0.05) is 30.3 Å². The van der Waals surface area contributed by atoms with Gasteiger partial charge in [0, 0.05) is 5.56 Å². The maximum atomic E-state index is 11.0. The Hall–Kier alpha value is -1.90. The molecular formula is C11H11N2O+. The Labute approximate surface area is 81.7 Å². The third-order valence-corrected chi connectivity index (χ3v) is 1.98. The van der Waals surface area contributed by atoms with E-state index in [1.807, 2.05) is 41.1 Å².